The average Bonchev–Trinajstić information content (AvgIpc) is 3.37. The fraction of sp³-hybridized carbons (Fsp3) is 0.300. The van der Waals surface area contributed by atoms with Crippen molar-refractivity contribution >= 4 is 23.3 Å². The smallest absolute Gasteiger partial charge is 0.321 e. The minimum Gasteiger partial charge on any atom is -0.368 e. The molecule has 2 aliphatic rings. The van der Waals surface area contributed by atoms with Crippen LogP contribution in [-0.2, 0) is 4.79 Å². The van der Waals surface area contributed by atoms with Gasteiger partial charge in [0, 0.05) is 37.9 Å². The lowest BCUT2D eigenvalue weighted by Crippen LogP contribution is -2.51. The first-order valence-electron chi connectivity index (χ1n) is 9.52. The molecule has 4 heterocycles. The van der Waals surface area contributed by atoms with Crippen LogP contribution in [0.3, 0.4) is 0 Å². The van der Waals surface area contributed by atoms with Gasteiger partial charge < -0.3 is 10.2 Å². The van der Waals surface area contributed by atoms with Crippen molar-refractivity contribution in [2.75, 3.05) is 24.5 Å². The number of fused-ring (bicyclic) bond motifs is 1. The summed E-state index contributed by atoms with van der Waals surface area (Å²) in [5.41, 5.74) is 3.30. The number of urea groups is 1. The molecule has 3 aromatic rings. The van der Waals surface area contributed by atoms with Crippen molar-refractivity contribution in [2.45, 2.75) is 18.3 Å². The van der Waals surface area contributed by atoms with E-state index in [1.807, 2.05) is 18.2 Å². The van der Waals surface area contributed by atoms with Crippen molar-refractivity contribution < 1.29 is 14.0 Å². The molecule has 5 rings (SSSR count). The molecule has 9 heteroatoms. The van der Waals surface area contributed by atoms with E-state index in [0.717, 1.165) is 30.8 Å². The predicted octanol–water partition coefficient (Wildman–Crippen LogP) is 1.79. The highest BCUT2D eigenvalue weighted by Crippen LogP contribution is 2.33. The van der Waals surface area contributed by atoms with Crippen LogP contribution in [-0.4, -0.2) is 46.2 Å². The van der Waals surface area contributed by atoms with Crippen LogP contribution in [0.25, 0.3) is 5.65 Å². The fourth-order valence-electron chi connectivity index (χ4n) is 4.08. The number of amides is 3. The Morgan fingerprint density at radius 1 is 1.17 bits per heavy atom. The number of nitrogens with one attached hydrogen (secondary N) is 2. The van der Waals surface area contributed by atoms with Crippen molar-refractivity contribution in [1.29, 1.82) is 0 Å². The molecule has 0 spiro atoms. The van der Waals surface area contributed by atoms with Crippen LogP contribution >= 0.6 is 0 Å². The summed E-state index contributed by atoms with van der Waals surface area (Å²) in [6.45, 7) is 1.79. The number of nitrogens with zero attached hydrogens (tertiary/aromatic N) is 4. The van der Waals surface area contributed by atoms with Crippen LogP contribution in [0.5, 0.6) is 0 Å². The molecule has 2 aliphatic heterocycles. The number of aromatic nitrogens is 3. The maximum atomic E-state index is 13.2. The highest BCUT2D eigenvalue weighted by atomic mass is 19.1. The van der Waals surface area contributed by atoms with E-state index in [1.54, 1.807) is 16.9 Å². The first kappa shape index (κ1) is 17.6. The summed E-state index contributed by atoms with van der Waals surface area (Å²) < 4.78 is 14.9. The van der Waals surface area contributed by atoms with Gasteiger partial charge in [-0.2, -0.15) is 5.10 Å². The molecule has 0 aliphatic carbocycles. The van der Waals surface area contributed by atoms with Gasteiger partial charge in [-0.05, 0) is 30.2 Å². The second-order valence-corrected chi connectivity index (χ2v) is 7.38. The predicted molar refractivity (Wildman–Crippen MR) is 103 cm³/mol. The van der Waals surface area contributed by atoms with Crippen molar-refractivity contribution in [1.82, 2.24) is 25.2 Å². The molecule has 8 nitrogen and oxygen atoms in total. The average molecular weight is 394 g/mol. The van der Waals surface area contributed by atoms with Crippen molar-refractivity contribution in [3.05, 3.63) is 59.8 Å². The van der Waals surface area contributed by atoms with E-state index in [0.29, 0.717) is 17.3 Å². The Bertz CT molecular complexity index is 1100. The number of rotatable bonds is 3. The summed E-state index contributed by atoms with van der Waals surface area (Å²) in [6.07, 6.45) is 4.36. The molecule has 2 N–H and O–H groups in total. The maximum absolute atomic E-state index is 13.2. The molecular formula is C20H19FN6O2. The molecule has 0 bridgehead atoms. The third kappa shape index (κ3) is 3.18. The van der Waals surface area contributed by atoms with Gasteiger partial charge in [-0.3, -0.25) is 10.1 Å². The van der Waals surface area contributed by atoms with Gasteiger partial charge in [0.1, 0.15) is 5.82 Å². The molecule has 3 amide bonds. The number of carbonyl (C=O) groups is 2. The Morgan fingerprint density at radius 3 is 2.79 bits per heavy atom. The zero-order valence-corrected chi connectivity index (χ0v) is 15.5. The summed E-state index contributed by atoms with van der Waals surface area (Å²) in [5.74, 6) is -0.871. The lowest BCUT2D eigenvalue weighted by molar-refractivity contribution is -0.122. The lowest BCUT2D eigenvalue weighted by atomic mass is 9.98. The topological polar surface area (TPSA) is 91.6 Å². The number of halogens is 1. The zero-order valence-electron chi connectivity index (χ0n) is 15.5. The zero-order chi connectivity index (χ0) is 20.0. The number of imidazole rings is 1. The quantitative estimate of drug-likeness (QED) is 0.707. The molecule has 29 heavy (non-hydrogen) atoms. The molecule has 2 saturated heterocycles. The molecule has 0 radical (unpaired) electrons. The van der Waals surface area contributed by atoms with Crippen molar-refractivity contribution in [3.8, 4) is 0 Å². The van der Waals surface area contributed by atoms with Crippen molar-refractivity contribution in [3.63, 3.8) is 0 Å². The molecule has 1 aromatic carbocycles. The van der Waals surface area contributed by atoms with Gasteiger partial charge in [-0.1, -0.05) is 12.1 Å². The van der Waals surface area contributed by atoms with Crippen LogP contribution in [0, 0.1) is 5.82 Å². The molecule has 148 valence electrons. The Labute approximate surface area is 165 Å². The maximum Gasteiger partial charge on any atom is 0.321 e. The third-order valence-electron chi connectivity index (χ3n) is 5.61. The number of carbonyl (C=O) groups excluding carboxylic acids is 2. The minimum absolute atomic E-state index is 0.204. The Hall–Kier alpha value is -3.49. The molecule has 2 aromatic heterocycles. The Morgan fingerprint density at radius 2 is 2.00 bits per heavy atom. The molecule has 0 saturated carbocycles. The van der Waals surface area contributed by atoms with E-state index in [-0.39, 0.29) is 18.3 Å². The van der Waals surface area contributed by atoms with Gasteiger partial charge >= 0.3 is 6.03 Å². The molecular weight excluding hydrogens is 375 g/mol. The largest absolute Gasteiger partial charge is 0.368 e. The van der Waals surface area contributed by atoms with E-state index in [4.69, 9.17) is 0 Å². The number of hydrogen-bond donors (Lipinski definition) is 2. The van der Waals surface area contributed by atoms with Gasteiger partial charge in [0.15, 0.2) is 5.65 Å². The Balaban J connectivity index is 1.47. The van der Waals surface area contributed by atoms with Gasteiger partial charge in [-0.15, -0.1) is 0 Å². The van der Waals surface area contributed by atoms with Crippen LogP contribution < -0.4 is 15.5 Å². The first-order chi connectivity index (χ1) is 14.1. The van der Waals surface area contributed by atoms with Crippen LogP contribution in [0.2, 0.25) is 0 Å². The fourth-order valence-corrected chi connectivity index (χ4v) is 4.08. The van der Waals surface area contributed by atoms with Gasteiger partial charge in [-0.25, -0.2) is 18.7 Å². The second kappa shape index (κ2) is 6.84. The number of hydrogen-bond acceptors (Lipinski definition) is 5. The van der Waals surface area contributed by atoms with Gasteiger partial charge in [0.05, 0.1) is 17.3 Å². The highest BCUT2D eigenvalue weighted by Gasteiger charge is 2.32. The molecule has 2 fully saturated rings. The minimum atomic E-state index is -0.561. The van der Waals surface area contributed by atoms with Crippen LogP contribution in [0.4, 0.5) is 14.9 Å². The van der Waals surface area contributed by atoms with Gasteiger partial charge in [0.25, 0.3) is 0 Å². The standard InChI is InChI=1S/C20H19FN6O2/c21-14-3-1-12(2-4-14)13-5-7-26(11-13)17-9-16(25-27-8-6-22-18(17)27)15-10-23-20(29)24-19(15)28/h1-4,6,8-9,13,15H,5,7,10-11H2,(H2,23,24,28,29)/t13-,15?/m1/s1. The van der Waals surface area contributed by atoms with E-state index >= 15 is 0 Å². The van der Waals surface area contributed by atoms with E-state index in [9.17, 15) is 14.0 Å². The number of benzene rings is 1. The SMILES string of the molecule is O=C1NCC(c2cc(N3CC[C@@H](c4ccc(F)cc4)C3)c3nccn3n2)C(=O)N1. The number of anilines is 1. The lowest BCUT2D eigenvalue weighted by Gasteiger charge is -2.24. The Kier molecular flexibility index (Phi) is 4.15. The monoisotopic (exact) mass is 394 g/mol. The molecule has 2 atom stereocenters. The number of imide groups is 1. The van der Waals surface area contributed by atoms with E-state index in [1.165, 1.54) is 12.1 Å². The van der Waals surface area contributed by atoms with E-state index < -0.39 is 11.9 Å². The van der Waals surface area contributed by atoms with E-state index in [2.05, 4.69) is 25.6 Å². The first-order valence-corrected chi connectivity index (χ1v) is 9.52. The summed E-state index contributed by atoms with van der Waals surface area (Å²) in [5, 5.41) is 9.47. The van der Waals surface area contributed by atoms with Crippen LogP contribution in [0.15, 0.2) is 42.7 Å². The third-order valence-corrected chi connectivity index (χ3v) is 5.61. The normalized spacial score (nSPS) is 22.0. The van der Waals surface area contributed by atoms with Crippen LogP contribution in [0.1, 0.15) is 29.5 Å². The summed E-state index contributed by atoms with van der Waals surface area (Å²) >= 11 is 0. The second-order valence-electron chi connectivity index (χ2n) is 7.38. The van der Waals surface area contributed by atoms with Crippen molar-refractivity contribution in [2.24, 2.45) is 0 Å². The summed E-state index contributed by atoms with van der Waals surface area (Å²) in [4.78, 5) is 30.3. The molecule has 1 unspecified atom stereocenters. The summed E-state index contributed by atoms with van der Waals surface area (Å²) in [7, 11) is 0. The highest BCUT2D eigenvalue weighted by molar-refractivity contribution is 6.00. The van der Waals surface area contributed by atoms with Gasteiger partial charge in [0.2, 0.25) is 5.91 Å². The summed E-state index contributed by atoms with van der Waals surface area (Å²) in [6, 6.07) is 8.05.